The highest BCUT2D eigenvalue weighted by Gasteiger charge is 2.15. The van der Waals surface area contributed by atoms with Gasteiger partial charge in [0.05, 0.1) is 38.9 Å². The first-order valence-electron chi connectivity index (χ1n) is 9.40. The minimum absolute atomic E-state index is 0.00616. The number of rotatable bonds is 15. The number of nitrogens with two attached hydrogens (primary N) is 1. The Morgan fingerprint density at radius 2 is 1.65 bits per heavy atom. The van der Waals surface area contributed by atoms with Crippen molar-refractivity contribution >= 4 is 23.9 Å². The Morgan fingerprint density at radius 1 is 1.00 bits per heavy atom. The summed E-state index contributed by atoms with van der Waals surface area (Å²) in [5.74, 6) is -1.81. The Labute approximate surface area is 179 Å². The topological polar surface area (TPSA) is 165 Å². The van der Waals surface area contributed by atoms with E-state index in [1.165, 1.54) is 0 Å². The summed E-state index contributed by atoms with van der Waals surface area (Å²) in [6.07, 6.45) is -0.729. The van der Waals surface area contributed by atoms with Crippen LogP contribution in [0.25, 0.3) is 0 Å². The molecule has 0 spiro atoms. The minimum Gasteiger partial charge on any atom is -0.445 e. The zero-order chi connectivity index (χ0) is 22.9. The number of carbonyl (C=O) groups is 4. The molecule has 0 radical (unpaired) electrons. The van der Waals surface area contributed by atoms with E-state index in [1.54, 1.807) is 0 Å². The van der Waals surface area contributed by atoms with Crippen molar-refractivity contribution < 1.29 is 43.3 Å². The van der Waals surface area contributed by atoms with Crippen molar-refractivity contribution in [2.24, 2.45) is 5.73 Å². The fraction of sp³-hybridized carbons (Fsp3) is 0.474. The average Bonchev–Trinajstić information content (AvgIpc) is 2.72. The molecule has 1 unspecified atom stereocenters. The summed E-state index contributed by atoms with van der Waals surface area (Å²) in [7, 11) is 0. The number of benzene rings is 1. The molecule has 0 aliphatic carbocycles. The van der Waals surface area contributed by atoms with Gasteiger partial charge >= 0.3 is 12.1 Å². The highest BCUT2D eigenvalue weighted by molar-refractivity contribution is 5.75. The Kier molecular flexibility index (Phi) is 13.0. The van der Waals surface area contributed by atoms with E-state index < -0.39 is 29.9 Å². The smallest absolute Gasteiger partial charge is 0.407 e. The molecule has 12 nitrogen and oxygen atoms in total. The molecule has 1 aromatic rings. The molecule has 0 saturated heterocycles. The average molecular weight is 441 g/mol. The van der Waals surface area contributed by atoms with Crippen LogP contribution in [0.1, 0.15) is 25.3 Å². The number of alkyl carbamates (subject to hydrolysis) is 1. The van der Waals surface area contributed by atoms with Crippen LogP contribution >= 0.6 is 0 Å². The van der Waals surface area contributed by atoms with Crippen LogP contribution in [0.3, 0.4) is 0 Å². The van der Waals surface area contributed by atoms with E-state index in [4.69, 9.17) is 19.9 Å². The molecule has 0 saturated carbocycles. The third-order valence-corrected chi connectivity index (χ3v) is 3.45. The maximum absolute atomic E-state index is 12.0. The Balaban J connectivity index is 2.36. The Morgan fingerprint density at radius 3 is 2.26 bits per heavy atom. The first-order chi connectivity index (χ1) is 14.9. The molecule has 172 valence electrons. The van der Waals surface area contributed by atoms with Gasteiger partial charge in [-0.3, -0.25) is 14.5 Å². The number of hydrogen-bond acceptors (Lipinski definition) is 9. The van der Waals surface area contributed by atoms with Crippen molar-refractivity contribution in [3.05, 3.63) is 35.9 Å². The van der Waals surface area contributed by atoms with E-state index in [2.05, 4.69) is 15.2 Å². The second-order valence-electron chi connectivity index (χ2n) is 6.20. The lowest BCUT2D eigenvalue weighted by atomic mass is 10.2. The van der Waals surface area contributed by atoms with E-state index in [1.807, 2.05) is 35.8 Å². The molecule has 0 bridgehead atoms. The van der Waals surface area contributed by atoms with E-state index >= 15 is 0 Å². The molecule has 12 heteroatoms. The van der Waals surface area contributed by atoms with Gasteiger partial charge in [0.1, 0.15) is 6.61 Å². The minimum atomic E-state index is -0.721. The van der Waals surface area contributed by atoms with Gasteiger partial charge in [-0.15, -0.1) is 0 Å². The zero-order valence-electron chi connectivity index (χ0n) is 17.2. The number of ether oxygens (including phenoxy) is 3. The van der Waals surface area contributed by atoms with Crippen LogP contribution in [0.15, 0.2) is 30.3 Å². The lowest BCUT2D eigenvalue weighted by Gasteiger charge is -2.19. The van der Waals surface area contributed by atoms with E-state index in [0.717, 1.165) is 12.5 Å². The van der Waals surface area contributed by atoms with Gasteiger partial charge in [0.2, 0.25) is 11.8 Å². The fourth-order valence-electron chi connectivity index (χ4n) is 2.03. The maximum atomic E-state index is 12.0. The van der Waals surface area contributed by atoms with Gasteiger partial charge in [-0.05, 0) is 5.56 Å². The van der Waals surface area contributed by atoms with Crippen LogP contribution in [-0.4, -0.2) is 56.3 Å². The van der Waals surface area contributed by atoms with Gasteiger partial charge in [0.25, 0.3) is 0 Å². The fourth-order valence-corrected chi connectivity index (χ4v) is 2.03. The van der Waals surface area contributed by atoms with Gasteiger partial charge < -0.3 is 25.3 Å². The van der Waals surface area contributed by atoms with E-state index in [9.17, 15) is 19.2 Å². The maximum Gasteiger partial charge on any atom is 0.407 e. The van der Waals surface area contributed by atoms with Crippen LogP contribution in [0.5, 0.6) is 0 Å². The van der Waals surface area contributed by atoms with Crippen molar-refractivity contribution in [3.63, 3.8) is 0 Å². The summed E-state index contributed by atoms with van der Waals surface area (Å²) in [6, 6.07) is 8.54. The molecular formula is C19H27N3O9. The molecule has 1 rings (SSSR count). The van der Waals surface area contributed by atoms with Crippen molar-refractivity contribution in [2.75, 3.05) is 26.4 Å². The molecule has 1 atom stereocenters. The molecule has 0 aliphatic heterocycles. The molecule has 3 amide bonds. The van der Waals surface area contributed by atoms with Crippen LogP contribution in [-0.2, 0) is 45.1 Å². The van der Waals surface area contributed by atoms with Gasteiger partial charge in [0, 0.05) is 13.3 Å². The SMILES string of the molecule is CC(=O)OONC(=O)CCOCC(COCCC(N)=O)NC(=O)OCc1ccccc1. The third kappa shape index (κ3) is 14.4. The summed E-state index contributed by atoms with van der Waals surface area (Å²) in [4.78, 5) is 53.1. The van der Waals surface area contributed by atoms with Gasteiger partial charge in [-0.25, -0.2) is 9.59 Å². The van der Waals surface area contributed by atoms with Crippen LogP contribution in [0, 0.1) is 0 Å². The Hall–Kier alpha value is -3.22. The molecule has 0 fully saturated rings. The number of carbonyl (C=O) groups excluding carboxylic acids is 4. The quantitative estimate of drug-likeness (QED) is 0.194. The third-order valence-electron chi connectivity index (χ3n) is 3.45. The normalized spacial score (nSPS) is 11.3. The number of hydrogen-bond donors (Lipinski definition) is 3. The standard InChI is InChI=1S/C19H27N3O9/c1-14(23)30-31-22-18(25)8-10-28-13-16(12-27-9-7-17(20)24)21-19(26)29-11-15-5-3-2-4-6-15/h2-6,16H,7-13H2,1H3,(H2,20,24)(H,21,26)(H,22,25). The highest BCUT2D eigenvalue weighted by Crippen LogP contribution is 2.01. The summed E-state index contributed by atoms with van der Waals surface area (Å²) in [5.41, 5.74) is 7.78. The van der Waals surface area contributed by atoms with Gasteiger partial charge in [0.15, 0.2) is 0 Å². The van der Waals surface area contributed by atoms with Crippen molar-refractivity contribution in [2.45, 2.75) is 32.4 Å². The zero-order valence-corrected chi connectivity index (χ0v) is 17.2. The molecule has 0 heterocycles. The predicted octanol–water partition coefficient (Wildman–Crippen LogP) is 0.106. The molecule has 1 aromatic carbocycles. The largest absolute Gasteiger partial charge is 0.445 e. The second kappa shape index (κ2) is 15.6. The Bertz CT molecular complexity index is 700. The van der Waals surface area contributed by atoms with Crippen molar-refractivity contribution in [3.8, 4) is 0 Å². The number of amides is 3. The van der Waals surface area contributed by atoms with Crippen molar-refractivity contribution in [1.82, 2.24) is 10.8 Å². The lowest BCUT2D eigenvalue weighted by molar-refractivity contribution is -0.300. The molecule has 31 heavy (non-hydrogen) atoms. The van der Waals surface area contributed by atoms with Crippen LogP contribution < -0.4 is 16.5 Å². The first-order valence-corrected chi connectivity index (χ1v) is 9.40. The summed E-state index contributed by atoms with van der Waals surface area (Å²) in [5, 5.41) is 2.60. The summed E-state index contributed by atoms with van der Waals surface area (Å²) >= 11 is 0. The summed E-state index contributed by atoms with van der Waals surface area (Å²) in [6.45, 7) is 1.32. The van der Waals surface area contributed by atoms with Crippen molar-refractivity contribution in [1.29, 1.82) is 0 Å². The molecule has 4 N–H and O–H groups in total. The lowest BCUT2D eigenvalue weighted by Crippen LogP contribution is -2.42. The number of nitrogens with one attached hydrogen (secondary N) is 2. The van der Waals surface area contributed by atoms with Gasteiger partial charge in [-0.1, -0.05) is 35.3 Å². The highest BCUT2D eigenvalue weighted by atomic mass is 17.3. The van der Waals surface area contributed by atoms with Gasteiger partial charge in [-0.2, -0.15) is 5.48 Å². The second-order valence-corrected chi connectivity index (χ2v) is 6.20. The molecule has 0 aromatic heterocycles. The van der Waals surface area contributed by atoms with Crippen LogP contribution in [0.4, 0.5) is 4.79 Å². The number of hydroxylamine groups is 1. The predicted molar refractivity (Wildman–Crippen MR) is 105 cm³/mol. The number of primary amides is 1. The monoisotopic (exact) mass is 441 g/mol. The first kappa shape index (κ1) is 25.8. The molecule has 0 aliphatic rings. The van der Waals surface area contributed by atoms with E-state index in [0.29, 0.717) is 0 Å². The van der Waals surface area contributed by atoms with E-state index in [-0.39, 0.29) is 45.9 Å². The molecular weight excluding hydrogens is 414 g/mol. The van der Waals surface area contributed by atoms with Crippen LogP contribution in [0.2, 0.25) is 0 Å². The summed E-state index contributed by atoms with van der Waals surface area (Å²) < 4.78 is 15.8.